The normalized spacial score (nSPS) is 13.7. The van der Waals surface area contributed by atoms with Crippen molar-refractivity contribution in [3.05, 3.63) is 69.7 Å². The summed E-state index contributed by atoms with van der Waals surface area (Å²) >= 11 is 6.71. The molecule has 0 saturated carbocycles. The lowest BCUT2D eigenvalue weighted by Crippen LogP contribution is -2.29. The summed E-state index contributed by atoms with van der Waals surface area (Å²) < 4.78 is 27.1. The number of carbonyl (C=O) groups excluding carboxylic acids is 2. The van der Waals surface area contributed by atoms with E-state index in [9.17, 15) is 18.0 Å². The van der Waals surface area contributed by atoms with Crippen LogP contribution in [-0.2, 0) is 16.6 Å². The molecule has 4 rings (SSSR count). The first kappa shape index (κ1) is 18.5. The van der Waals surface area contributed by atoms with Crippen molar-refractivity contribution in [3.8, 4) is 0 Å². The molecule has 28 heavy (non-hydrogen) atoms. The van der Waals surface area contributed by atoms with Gasteiger partial charge >= 0.3 is 0 Å². The van der Waals surface area contributed by atoms with Gasteiger partial charge in [0.2, 0.25) is 5.13 Å². The molecule has 2 amide bonds. The third-order valence-corrected chi connectivity index (χ3v) is 6.54. The van der Waals surface area contributed by atoms with Crippen LogP contribution in [-0.4, -0.2) is 35.3 Å². The Morgan fingerprint density at radius 3 is 2.18 bits per heavy atom. The lowest BCUT2D eigenvalue weighted by molar-refractivity contribution is 0.0642. The van der Waals surface area contributed by atoms with Crippen LogP contribution >= 0.6 is 22.9 Å². The Morgan fingerprint density at radius 1 is 0.964 bits per heavy atom. The average Bonchev–Trinajstić information content (AvgIpc) is 3.20. The molecule has 11 heteroatoms. The SMILES string of the molecule is O=C1c2ccccc2C(=O)N1Cc1nnc(NS(=O)(=O)c2ccc(Cl)cc2)s1. The molecule has 1 aliphatic rings. The molecule has 1 aliphatic heterocycles. The average molecular weight is 435 g/mol. The van der Waals surface area contributed by atoms with Gasteiger partial charge in [-0.25, -0.2) is 8.42 Å². The summed E-state index contributed by atoms with van der Waals surface area (Å²) in [5.74, 6) is -0.835. The number of anilines is 1. The molecule has 1 aromatic heterocycles. The molecule has 2 heterocycles. The van der Waals surface area contributed by atoms with Gasteiger partial charge in [0.1, 0.15) is 5.01 Å². The van der Waals surface area contributed by atoms with E-state index in [0.717, 1.165) is 16.2 Å². The van der Waals surface area contributed by atoms with Crippen LogP contribution in [0.15, 0.2) is 53.4 Å². The molecule has 142 valence electrons. The first-order chi connectivity index (χ1) is 13.3. The van der Waals surface area contributed by atoms with E-state index in [0.29, 0.717) is 21.2 Å². The van der Waals surface area contributed by atoms with Gasteiger partial charge in [-0.3, -0.25) is 19.2 Å². The maximum absolute atomic E-state index is 12.4. The second-order valence-electron chi connectivity index (χ2n) is 5.80. The van der Waals surface area contributed by atoms with E-state index in [1.54, 1.807) is 24.3 Å². The topological polar surface area (TPSA) is 109 Å². The van der Waals surface area contributed by atoms with Gasteiger partial charge in [0.25, 0.3) is 21.8 Å². The number of nitrogens with zero attached hydrogens (tertiary/aromatic N) is 3. The highest BCUT2D eigenvalue weighted by atomic mass is 35.5. The predicted octanol–water partition coefficient (Wildman–Crippen LogP) is 2.79. The minimum Gasteiger partial charge on any atom is -0.269 e. The minimum atomic E-state index is -3.86. The number of hydrogen-bond donors (Lipinski definition) is 1. The van der Waals surface area contributed by atoms with Crippen LogP contribution in [0.2, 0.25) is 5.02 Å². The molecule has 0 radical (unpaired) electrons. The van der Waals surface area contributed by atoms with Crippen LogP contribution in [0.4, 0.5) is 5.13 Å². The highest BCUT2D eigenvalue weighted by molar-refractivity contribution is 7.93. The monoisotopic (exact) mass is 434 g/mol. The number of hydrogen-bond acceptors (Lipinski definition) is 7. The third kappa shape index (κ3) is 3.37. The predicted molar refractivity (Wildman–Crippen MR) is 103 cm³/mol. The van der Waals surface area contributed by atoms with Crippen molar-refractivity contribution in [1.29, 1.82) is 0 Å². The van der Waals surface area contributed by atoms with Crippen molar-refractivity contribution in [2.75, 3.05) is 4.72 Å². The lowest BCUT2D eigenvalue weighted by Gasteiger charge is -2.10. The smallest absolute Gasteiger partial charge is 0.263 e. The number of fused-ring (bicyclic) bond motifs is 1. The van der Waals surface area contributed by atoms with Crippen molar-refractivity contribution in [1.82, 2.24) is 15.1 Å². The minimum absolute atomic E-state index is 0.0222. The standard InChI is InChI=1S/C17H11ClN4O4S2/c18-10-5-7-11(8-6-10)28(25,26)21-17-20-19-14(27-17)9-22-15(23)12-3-1-2-4-13(12)16(22)24/h1-8H,9H2,(H,20,21). The zero-order valence-electron chi connectivity index (χ0n) is 14.0. The first-order valence-electron chi connectivity index (χ1n) is 7.91. The zero-order valence-corrected chi connectivity index (χ0v) is 16.4. The van der Waals surface area contributed by atoms with Crippen LogP contribution in [0, 0.1) is 0 Å². The highest BCUT2D eigenvalue weighted by Gasteiger charge is 2.35. The lowest BCUT2D eigenvalue weighted by atomic mass is 10.1. The Kier molecular flexibility index (Phi) is 4.61. The van der Waals surface area contributed by atoms with Gasteiger partial charge in [0.15, 0.2) is 0 Å². The quantitative estimate of drug-likeness (QED) is 0.618. The van der Waals surface area contributed by atoms with Gasteiger partial charge in [-0.05, 0) is 36.4 Å². The first-order valence-corrected chi connectivity index (χ1v) is 10.6. The summed E-state index contributed by atoms with van der Waals surface area (Å²) in [6, 6.07) is 12.2. The Bertz CT molecular complexity index is 1160. The van der Waals surface area contributed by atoms with Crippen LogP contribution in [0.3, 0.4) is 0 Å². The summed E-state index contributed by atoms with van der Waals surface area (Å²) in [5, 5.41) is 8.43. The number of sulfonamides is 1. The Hall–Kier alpha value is -2.82. The number of rotatable bonds is 5. The summed E-state index contributed by atoms with van der Waals surface area (Å²) in [4.78, 5) is 25.9. The van der Waals surface area contributed by atoms with E-state index < -0.39 is 21.8 Å². The fraction of sp³-hybridized carbons (Fsp3) is 0.0588. The fourth-order valence-corrected chi connectivity index (χ4v) is 4.75. The molecular formula is C17H11ClN4O4S2. The summed E-state index contributed by atoms with van der Waals surface area (Å²) in [6.07, 6.45) is 0. The molecule has 0 fully saturated rings. The number of carbonyl (C=O) groups is 2. The molecular weight excluding hydrogens is 424 g/mol. The largest absolute Gasteiger partial charge is 0.269 e. The van der Waals surface area contributed by atoms with Gasteiger partial charge in [-0.2, -0.15) is 0 Å². The van der Waals surface area contributed by atoms with Crippen molar-refractivity contribution >= 4 is 49.9 Å². The number of nitrogens with one attached hydrogen (secondary N) is 1. The summed E-state index contributed by atoms with van der Waals surface area (Å²) in [6.45, 7) is -0.0906. The molecule has 8 nitrogen and oxygen atoms in total. The Balaban J connectivity index is 1.50. The van der Waals surface area contributed by atoms with Crippen LogP contribution in [0.1, 0.15) is 25.7 Å². The van der Waals surface area contributed by atoms with Gasteiger partial charge in [0.05, 0.1) is 22.6 Å². The molecule has 0 atom stereocenters. The van der Waals surface area contributed by atoms with Gasteiger partial charge in [-0.15, -0.1) is 10.2 Å². The van der Waals surface area contributed by atoms with Crippen molar-refractivity contribution in [3.63, 3.8) is 0 Å². The molecule has 1 N–H and O–H groups in total. The Morgan fingerprint density at radius 2 is 1.57 bits per heavy atom. The maximum Gasteiger partial charge on any atom is 0.263 e. The number of benzene rings is 2. The Labute approximate surface area is 168 Å². The molecule has 0 aliphatic carbocycles. The number of halogens is 1. The maximum atomic E-state index is 12.4. The van der Waals surface area contributed by atoms with E-state index in [2.05, 4.69) is 14.9 Å². The van der Waals surface area contributed by atoms with E-state index in [1.807, 2.05) is 0 Å². The van der Waals surface area contributed by atoms with E-state index in [4.69, 9.17) is 11.6 Å². The third-order valence-electron chi connectivity index (χ3n) is 3.98. The second kappa shape index (κ2) is 6.97. The number of aromatic nitrogens is 2. The number of imide groups is 1. The summed E-state index contributed by atoms with van der Waals surface area (Å²) in [5.41, 5.74) is 0.668. The van der Waals surface area contributed by atoms with Gasteiger partial charge in [0, 0.05) is 5.02 Å². The molecule has 0 unspecified atom stereocenters. The van der Waals surface area contributed by atoms with E-state index >= 15 is 0 Å². The molecule has 0 bridgehead atoms. The van der Waals surface area contributed by atoms with Gasteiger partial charge < -0.3 is 0 Å². The van der Waals surface area contributed by atoms with E-state index in [1.165, 1.54) is 24.3 Å². The second-order valence-corrected chi connectivity index (χ2v) is 8.98. The molecule has 0 saturated heterocycles. The van der Waals surface area contributed by atoms with Crippen molar-refractivity contribution in [2.45, 2.75) is 11.4 Å². The van der Waals surface area contributed by atoms with E-state index in [-0.39, 0.29) is 16.6 Å². The highest BCUT2D eigenvalue weighted by Crippen LogP contribution is 2.27. The van der Waals surface area contributed by atoms with Crippen LogP contribution < -0.4 is 4.72 Å². The van der Waals surface area contributed by atoms with Crippen LogP contribution in [0.5, 0.6) is 0 Å². The molecule has 3 aromatic rings. The fourth-order valence-electron chi connectivity index (χ4n) is 2.66. The van der Waals surface area contributed by atoms with Gasteiger partial charge in [-0.1, -0.05) is 35.1 Å². The van der Waals surface area contributed by atoms with Crippen molar-refractivity contribution < 1.29 is 18.0 Å². The van der Waals surface area contributed by atoms with Crippen molar-refractivity contribution in [2.24, 2.45) is 0 Å². The number of amides is 2. The summed E-state index contributed by atoms with van der Waals surface area (Å²) in [7, 11) is -3.86. The molecule has 0 spiro atoms. The molecule has 2 aromatic carbocycles. The van der Waals surface area contributed by atoms with Crippen LogP contribution in [0.25, 0.3) is 0 Å². The zero-order chi connectivity index (χ0) is 19.9.